The first kappa shape index (κ1) is 15.5. The monoisotopic (exact) mass is 296 g/mol. The van der Waals surface area contributed by atoms with Gasteiger partial charge in [-0.3, -0.25) is 0 Å². The van der Waals surface area contributed by atoms with Crippen molar-refractivity contribution in [3.63, 3.8) is 0 Å². The van der Waals surface area contributed by atoms with Crippen LogP contribution in [0.3, 0.4) is 0 Å². The van der Waals surface area contributed by atoms with Crippen molar-refractivity contribution in [1.82, 2.24) is 9.21 Å². The zero-order valence-electron chi connectivity index (χ0n) is 12.5. The van der Waals surface area contributed by atoms with Crippen LogP contribution in [0.1, 0.15) is 31.7 Å². The van der Waals surface area contributed by atoms with E-state index < -0.39 is 10.0 Å². The Morgan fingerprint density at radius 2 is 1.65 bits per heavy atom. The minimum Gasteiger partial charge on any atom is -0.304 e. The van der Waals surface area contributed by atoms with Crippen LogP contribution >= 0.6 is 0 Å². The average Bonchev–Trinajstić information content (AvgIpc) is 2.47. The van der Waals surface area contributed by atoms with Gasteiger partial charge in [0.05, 0.1) is 4.90 Å². The molecule has 1 fully saturated rings. The molecule has 0 bridgehead atoms. The summed E-state index contributed by atoms with van der Waals surface area (Å²) >= 11 is 0. The van der Waals surface area contributed by atoms with E-state index in [-0.39, 0.29) is 0 Å². The maximum Gasteiger partial charge on any atom is 0.243 e. The first-order valence-corrected chi connectivity index (χ1v) is 8.67. The highest BCUT2D eigenvalue weighted by molar-refractivity contribution is 7.89. The smallest absolute Gasteiger partial charge is 0.243 e. The second-order valence-corrected chi connectivity index (χ2v) is 7.52. The second kappa shape index (κ2) is 6.24. The van der Waals surface area contributed by atoms with E-state index in [0.29, 0.717) is 23.9 Å². The Morgan fingerprint density at radius 1 is 1.10 bits per heavy atom. The van der Waals surface area contributed by atoms with Gasteiger partial charge in [-0.15, -0.1) is 0 Å². The maximum absolute atomic E-state index is 12.6. The molecule has 0 N–H and O–H groups in total. The third-order valence-electron chi connectivity index (χ3n) is 4.16. The fourth-order valence-electron chi connectivity index (χ4n) is 2.38. The molecule has 20 heavy (non-hydrogen) atoms. The fourth-order valence-corrected chi connectivity index (χ4v) is 3.80. The summed E-state index contributed by atoms with van der Waals surface area (Å²) in [6.07, 6.45) is 1.06. The first-order chi connectivity index (χ1) is 9.45. The molecule has 1 saturated heterocycles. The van der Waals surface area contributed by atoms with Crippen molar-refractivity contribution in [3.05, 3.63) is 29.8 Å². The molecule has 1 atom stereocenters. The first-order valence-electron chi connectivity index (χ1n) is 7.23. The molecule has 0 amide bonds. The van der Waals surface area contributed by atoms with E-state index in [2.05, 4.69) is 18.7 Å². The van der Waals surface area contributed by atoms with Gasteiger partial charge in [-0.05, 0) is 37.1 Å². The molecule has 0 aromatic heterocycles. The predicted octanol–water partition coefficient (Wildman–Crippen LogP) is 2.14. The van der Waals surface area contributed by atoms with Gasteiger partial charge in [-0.2, -0.15) is 4.31 Å². The summed E-state index contributed by atoms with van der Waals surface area (Å²) in [6, 6.07) is 7.37. The SMILES string of the molecule is CCC(C)c1ccc(S(=O)(=O)N2CCN(C)CC2)cc1. The van der Waals surface area contributed by atoms with Crippen LogP contribution < -0.4 is 0 Å². The molecule has 112 valence electrons. The molecule has 0 saturated carbocycles. The number of likely N-dealkylation sites (N-methyl/N-ethyl adjacent to an activating group) is 1. The van der Waals surface area contributed by atoms with E-state index in [1.807, 2.05) is 19.2 Å². The Balaban J connectivity index is 2.17. The number of piperazine rings is 1. The Hall–Kier alpha value is -0.910. The van der Waals surface area contributed by atoms with Crippen LogP contribution in [0.4, 0.5) is 0 Å². The van der Waals surface area contributed by atoms with Gasteiger partial charge in [0.2, 0.25) is 10.0 Å². The van der Waals surface area contributed by atoms with Crippen molar-refractivity contribution in [2.24, 2.45) is 0 Å². The number of rotatable bonds is 4. The van der Waals surface area contributed by atoms with Crippen molar-refractivity contribution < 1.29 is 8.42 Å². The van der Waals surface area contributed by atoms with Gasteiger partial charge in [0.1, 0.15) is 0 Å². The van der Waals surface area contributed by atoms with E-state index in [9.17, 15) is 8.42 Å². The zero-order valence-corrected chi connectivity index (χ0v) is 13.4. The average molecular weight is 296 g/mol. The lowest BCUT2D eigenvalue weighted by Gasteiger charge is -2.31. The largest absolute Gasteiger partial charge is 0.304 e. The number of nitrogens with zero attached hydrogens (tertiary/aromatic N) is 2. The molecule has 5 heteroatoms. The molecule has 0 spiro atoms. The van der Waals surface area contributed by atoms with E-state index >= 15 is 0 Å². The maximum atomic E-state index is 12.6. The highest BCUT2D eigenvalue weighted by Crippen LogP contribution is 2.22. The van der Waals surface area contributed by atoms with Crippen LogP contribution in [0, 0.1) is 0 Å². The van der Waals surface area contributed by atoms with E-state index in [4.69, 9.17) is 0 Å². The quantitative estimate of drug-likeness (QED) is 0.854. The van der Waals surface area contributed by atoms with E-state index in [1.54, 1.807) is 16.4 Å². The molecular weight excluding hydrogens is 272 g/mol. The van der Waals surface area contributed by atoms with Gasteiger partial charge >= 0.3 is 0 Å². The second-order valence-electron chi connectivity index (χ2n) is 5.59. The molecule has 1 aliphatic heterocycles. The van der Waals surface area contributed by atoms with Gasteiger partial charge in [0.15, 0.2) is 0 Å². The van der Waals surface area contributed by atoms with Crippen LogP contribution in [0.5, 0.6) is 0 Å². The number of benzene rings is 1. The van der Waals surface area contributed by atoms with Crippen LogP contribution in [-0.4, -0.2) is 50.8 Å². The Labute approximate surface area is 122 Å². The molecule has 2 rings (SSSR count). The summed E-state index contributed by atoms with van der Waals surface area (Å²) in [7, 11) is -1.31. The lowest BCUT2D eigenvalue weighted by atomic mass is 9.99. The molecule has 1 unspecified atom stereocenters. The summed E-state index contributed by atoms with van der Waals surface area (Å²) in [4.78, 5) is 2.56. The van der Waals surface area contributed by atoms with Gasteiger partial charge in [0.25, 0.3) is 0 Å². The number of sulfonamides is 1. The van der Waals surface area contributed by atoms with Crippen molar-refractivity contribution in [2.75, 3.05) is 33.2 Å². The predicted molar refractivity (Wildman–Crippen MR) is 81.4 cm³/mol. The fraction of sp³-hybridized carbons (Fsp3) is 0.600. The molecule has 1 heterocycles. The van der Waals surface area contributed by atoms with Gasteiger partial charge in [-0.1, -0.05) is 26.0 Å². The topological polar surface area (TPSA) is 40.6 Å². The zero-order chi connectivity index (χ0) is 14.8. The number of hydrogen-bond donors (Lipinski definition) is 0. The lowest BCUT2D eigenvalue weighted by Crippen LogP contribution is -2.46. The normalized spacial score (nSPS) is 19.9. The molecule has 1 aromatic rings. The molecule has 0 aliphatic carbocycles. The third kappa shape index (κ3) is 3.22. The highest BCUT2D eigenvalue weighted by Gasteiger charge is 2.27. The van der Waals surface area contributed by atoms with Crippen LogP contribution in [0.2, 0.25) is 0 Å². The summed E-state index contributed by atoms with van der Waals surface area (Å²) < 4.78 is 26.7. The standard InChI is InChI=1S/C15H24N2O2S/c1-4-13(2)14-5-7-15(8-6-14)20(18,19)17-11-9-16(3)10-12-17/h5-8,13H,4,9-12H2,1-3H3. The Morgan fingerprint density at radius 3 is 2.15 bits per heavy atom. The summed E-state index contributed by atoms with van der Waals surface area (Å²) in [5.41, 5.74) is 1.20. The lowest BCUT2D eigenvalue weighted by molar-refractivity contribution is 0.222. The molecular formula is C15H24N2O2S. The molecule has 1 aromatic carbocycles. The Kier molecular flexibility index (Phi) is 4.83. The minimum atomic E-state index is -3.33. The molecule has 1 aliphatic rings. The van der Waals surface area contributed by atoms with Crippen molar-refractivity contribution in [2.45, 2.75) is 31.1 Å². The van der Waals surface area contributed by atoms with E-state index in [0.717, 1.165) is 19.5 Å². The number of hydrogen-bond acceptors (Lipinski definition) is 3. The van der Waals surface area contributed by atoms with Crippen LogP contribution in [0.25, 0.3) is 0 Å². The van der Waals surface area contributed by atoms with Crippen molar-refractivity contribution in [1.29, 1.82) is 0 Å². The van der Waals surface area contributed by atoms with Crippen LogP contribution in [-0.2, 0) is 10.0 Å². The molecule has 0 radical (unpaired) electrons. The van der Waals surface area contributed by atoms with Crippen molar-refractivity contribution in [3.8, 4) is 0 Å². The minimum absolute atomic E-state index is 0.411. The highest BCUT2D eigenvalue weighted by atomic mass is 32.2. The summed E-state index contributed by atoms with van der Waals surface area (Å²) in [5, 5.41) is 0. The summed E-state index contributed by atoms with van der Waals surface area (Å²) in [6.45, 7) is 7.04. The Bertz CT molecular complexity index is 531. The van der Waals surface area contributed by atoms with Gasteiger partial charge in [-0.25, -0.2) is 8.42 Å². The van der Waals surface area contributed by atoms with Crippen LogP contribution in [0.15, 0.2) is 29.2 Å². The summed E-state index contributed by atoms with van der Waals surface area (Å²) in [5.74, 6) is 0.468. The third-order valence-corrected chi connectivity index (χ3v) is 6.07. The van der Waals surface area contributed by atoms with Crippen molar-refractivity contribution >= 4 is 10.0 Å². The van der Waals surface area contributed by atoms with Gasteiger partial charge < -0.3 is 4.90 Å². The van der Waals surface area contributed by atoms with Gasteiger partial charge in [0, 0.05) is 26.2 Å². The molecule has 4 nitrogen and oxygen atoms in total. The van der Waals surface area contributed by atoms with E-state index in [1.165, 1.54) is 5.56 Å².